The first-order valence-electron chi connectivity index (χ1n) is 6.35. The minimum atomic E-state index is -0.223. The van der Waals surface area contributed by atoms with Crippen molar-refractivity contribution >= 4 is 39.1 Å². The normalized spacial score (nSPS) is 11.8. The van der Waals surface area contributed by atoms with E-state index >= 15 is 0 Å². The molecule has 0 bridgehead atoms. The third kappa shape index (κ3) is 5.21. The van der Waals surface area contributed by atoms with Crippen LogP contribution < -0.4 is 14.8 Å². The van der Waals surface area contributed by atoms with Gasteiger partial charge in [0, 0.05) is 17.6 Å². The zero-order valence-electron chi connectivity index (χ0n) is 11.6. The van der Waals surface area contributed by atoms with Crippen molar-refractivity contribution < 1.29 is 14.3 Å². The molecule has 112 valence electrons. The molecule has 0 spiro atoms. The van der Waals surface area contributed by atoms with Gasteiger partial charge in [-0.25, -0.2) is 0 Å². The number of anilines is 1. The fraction of sp³-hybridized carbons (Fsp3) is 0.500. The zero-order chi connectivity index (χ0) is 15.0. The minimum absolute atomic E-state index is 0.0770. The number of halogens is 2. The summed E-state index contributed by atoms with van der Waals surface area (Å²) in [5, 5.41) is 2.84. The summed E-state index contributed by atoms with van der Waals surface area (Å²) in [6.45, 7) is 0. The first kappa shape index (κ1) is 17.1. The van der Waals surface area contributed by atoms with Gasteiger partial charge in [-0.15, -0.1) is 11.6 Å². The van der Waals surface area contributed by atoms with Gasteiger partial charge in [-0.3, -0.25) is 4.79 Å². The number of nitrogens with one attached hydrogen (secondary N) is 1. The van der Waals surface area contributed by atoms with Crippen molar-refractivity contribution in [3.05, 3.63) is 18.2 Å². The highest BCUT2D eigenvalue weighted by molar-refractivity contribution is 9.10. The van der Waals surface area contributed by atoms with Crippen molar-refractivity contribution in [2.24, 2.45) is 0 Å². The molecular weight excluding hydrogens is 346 g/mol. The van der Waals surface area contributed by atoms with Gasteiger partial charge >= 0.3 is 0 Å². The van der Waals surface area contributed by atoms with Gasteiger partial charge in [0.1, 0.15) is 0 Å². The van der Waals surface area contributed by atoms with Gasteiger partial charge in [-0.2, -0.15) is 0 Å². The first-order valence-corrected chi connectivity index (χ1v) is 7.80. The Morgan fingerprint density at radius 2 is 2.00 bits per heavy atom. The average molecular weight is 365 g/mol. The Morgan fingerprint density at radius 3 is 2.60 bits per heavy atom. The van der Waals surface area contributed by atoms with Gasteiger partial charge in [0.25, 0.3) is 0 Å². The molecule has 0 heterocycles. The predicted octanol–water partition coefficient (Wildman–Crippen LogP) is 3.81. The van der Waals surface area contributed by atoms with E-state index in [0.29, 0.717) is 23.1 Å². The van der Waals surface area contributed by atoms with Crippen LogP contribution in [0.5, 0.6) is 11.5 Å². The largest absolute Gasteiger partial charge is 0.493 e. The summed E-state index contributed by atoms with van der Waals surface area (Å²) < 4.78 is 10.3. The van der Waals surface area contributed by atoms with Crippen molar-refractivity contribution in [3.63, 3.8) is 0 Å². The SMILES string of the molecule is COc1ccc(NC(=O)C(Br)CCCCCl)cc1OC. The number of hydrogen-bond acceptors (Lipinski definition) is 3. The highest BCUT2D eigenvalue weighted by atomic mass is 79.9. The molecule has 1 rings (SSSR count). The van der Waals surface area contributed by atoms with Crippen LogP contribution in [-0.4, -0.2) is 30.8 Å². The van der Waals surface area contributed by atoms with Gasteiger partial charge < -0.3 is 14.8 Å². The Bertz CT molecular complexity index is 442. The quantitative estimate of drug-likeness (QED) is 0.563. The maximum atomic E-state index is 12.0. The summed E-state index contributed by atoms with van der Waals surface area (Å²) >= 11 is 9.00. The second kappa shape index (κ2) is 9.08. The Hall–Kier alpha value is -0.940. The van der Waals surface area contributed by atoms with E-state index < -0.39 is 0 Å². The molecule has 1 unspecified atom stereocenters. The second-order valence-corrected chi connectivity index (χ2v) is 5.69. The van der Waals surface area contributed by atoms with Gasteiger partial charge in [0.15, 0.2) is 11.5 Å². The Balaban J connectivity index is 2.61. The maximum absolute atomic E-state index is 12.0. The van der Waals surface area contributed by atoms with Crippen molar-refractivity contribution in [1.29, 1.82) is 0 Å². The number of ether oxygens (including phenoxy) is 2. The molecule has 0 aromatic heterocycles. The van der Waals surface area contributed by atoms with E-state index in [0.717, 1.165) is 19.3 Å². The summed E-state index contributed by atoms with van der Waals surface area (Å²) in [5.41, 5.74) is 0.675. The van der Waals surface area contributed by atoms with Crippen LogP contribution in [0.25, 0.3) is 0 Å². The molecule has 4 nitrogen and oxygen atoms in total. The molecule has 1 aromatic rings. The molecular formula is C14H19BrClNO3. The third-order valence-corrected chi connectivity index (χ3v) is 3.92. The van der Waals surface area contributed by atoms with Crippen molar-refractivity contribution in [1.82, 2.24) is 0 Å². The number of carbonyl (C=O) groups is 1. The molecule has 1 amide bonds. The Morgan fingerprint density at radius 1 is 1.30 bits per heavy atom. The first-order chi connectivity index (χ1) is 9.62. The van der Waals surface area contributed by atoms with E-state index in [1.54, 1.807) is 32.4 Å². The summed E-state index contributed by atoms with van der Waals surface area (Å²) in [6, 6.07) is 5.26. The zero-order valence-corrected chi connectivity index (χ0v) is 14.0. The lowest BCUT2D eigenvalue weighted by Gasteiger charge is -2.13. The molecule has 0 aliphatic carbocycles. The van der Waals surface area contributed by atoms with E-state index in [1.807, 2.05) is 0 Å². The van der Waals surface area contributed by atoms with E-state index in [1.165, 1.54) is 0 Å². The van der Waals surface area contributed by atoms with Crippen molar-refractivity contribution in [2.45, 2.75) is 24.1 Å². The molecule has 20 heavy (non-hydrogen) atoms. The third-order valence-electron chi connectivity index (χ3n) is 2.78. The number of benzene rings is 1. The predicted molar refractivity (Wildman–Crippen MR) is 85.5 cm³/mol. The molecule has 0 saturated heterocycles. The molecule has 1 N–H and O–H groups in total. The molecule has 1 atom stereocenters. The molecule has 0 saturated carbocycles. The number of alkyl halides is 2. The number of rotatable bonds is 8. The number of unbranched alkanes of at least 4 members (excludes halogenated alkanes) is 1. The van der Waals surface area contributed by atoms with E-state index in [4.69, 9.17) is 21.1 Å². The van der Waals surface area contributed by atoms with Crippen LogP contribution in [0, 0.1) is 0 Å². The second-order valence-electron chi connectivity index (χ2n) is 4.21. The lowest BCUT2D eigenvalue weighted by Crippen LogP contribution is -2.22. The molecule has 0 radical (unpaired) electrons. The standard InChI is InChI=1S/C14H19BrClNO3/c1-19-12-7-6-10(9-13(12)20-2)17-14(18)11(15)5-3-4-8-16/h6-7,9,11H,3-5,8H2,1-2H3,(H,17,18). The average Bonchev–Trinajstić information content (AvgIpc) is 2.47. The van der Waals surface area contributed by atoms with Crippen LogP contribution in [0.3, 0.4) is 0 Å². The van der Waals surface area contributed by atoms with Crippen LogP contribution in [0.2, 0.25) is 0 Å². The monoisotopic (exact) mass is 363 g/mol. The van der Waals surface area contributed by atoms with Crippen LogP contribution in [-0.2, 0) is 4.79 Å². The number of amides is 1. The van der Waals surface area contributed by atoms with Crippen LogP contribution >= 0.6 is 27.5 Å². The topological polar surface area (TPSA) is 47.6 Å². The van der Waals surface area contributed by atoms with Crippen LogP contribution in [0.1, 0.15) is 19.3 Å². The fourth-order valence-electron chi connectivity index (χ4n) is 1.68. The van der Waals surface area contributed by atoms with E-state index in [-0.39, 0.29) is 10.7 Å². The highest BCUT2D eigenvalue weighted by Crippen LogP contribution is 2.30. The lowest BCUT2D eigenvalue weighted by atomic mass is 10.2. The highest BCUT2D eigenvalue weighted by Gasteiger charge is 2.15. The van der Waals surface area contributed by atoms with Crippen molar-refractivity contribution in [3.8, 4) is 11.5 Å². The van der Waals surface area contributed by atoms with E-state index in [9.17, 15) is 4.79 Å². The lowest BCUT2D eigenvalue weighted by molar-refractivity contribution is -0.115. The summed E-state index contributed by atoms with van der Waals surface area (Å²) in [6.07, 6.45) is 2.58. The number of carbonyl (C=O) groups excluding carboxylic acids is 1. The summed E-state index contributed by atoms with van der Waals surface area (Å²) in [5.74, 6) is 1.75. The molecule has 0 aliphatic heterocycles. The van der Waals surface area contributed by atoms with Crippen molar-refractivity contribution in [2.75, 3.05) is 25.4 Å². The summed E-state index contributed by atoms with van der Waals surface area (Å²) in [4.78, 5) is 11.8. The Kier molecular flexibility index (Phi) is 7.77. The molecule has 0 aliphatic rings. The summed E-state index contributed by atoms with van der Waals surface area (Å²) in [7, 11) is 3.13. The minimum Gasteiger partial charge on any atom is -0.493 e. The van der Waals surface area contributed by atoms with Gasteiger partial charge in [-0.1, -0.05) is 22.4 Å². The molecule has 6 heteroatoms. The number of methoxy groups -OCH3 is 2. The smallest absolute Gasteiger partial charge is 0.238 e. The van der Waals surface area contributed by atoms with Crippen LogP contribution in [0.4, 0.5) is 5.69 Å². The van der Waals surface area contributed by atoms with Gasteiger partial charge in [0.05, 0.1) is 19.0 Å². The van der Waals surface area contributed by atoms with Gasteiger partial charge in [0.2, 0.25) is 5.91 Å². The molecule has 0 fully saturated rings. The molecule has 1 aromatic carbocycles. The van der Waals surface area contributed by atoms with Crippen LogP contribution in [0.15, 0.2) is 18.2 Å². The number of hydrogen-bond donors (Lipinski definition) is 1. The fourth-order valence-corrected chi connectivity index (χ4v) is 2.31. The maximum Gasteiger partial charge on any atom is 0.238 e. The Labute approximate surface area is 132 Å². The van der Waals surface area contributed by atoms with E-state index in [2.05, 4.69) is 21.2 Å². The van der Waals surface area contributed by atoms with Gasteiger partial charge in [-0.05, 0) is 25.0 Å².